The van der Waals surface area contributed by atoms with Gasteiger partial charge in [0.15, 0.2) is 0 Å². The average molecular weight is 168 g/mol. The van der Waals surface area contributed by atoms with Crippen molar-refractivity contribution >= 4 is 0 Å². The number of aromatic amines is 1. The smallest absolute Gasteiger partial charge is 0.270 e. The van der Waals surface area contributed by atoms with Crippen molar-refractivity contribution in [1.82, 2.24) is 9.78 Å². The minimum atomic E-state index is -0.0615. The predicted molar refractivity (Wildman–Crippen MR) is 49.4 cm³/mol. The van der Waals surface area contributed by atoms with Crippen LogP contribution in [-0.2, 0) is 12.0 Å². The van der Waals surface area contributed by atoms with E-state index in [1.165, 1.54) is 0 Å². The van der Waals surface area contributed by atoms with Crippen molar-refractivity contribution in [1.29, 1.82) is 0 Å². The highest BCUT2D eigenvalue weighted by Gasteiger charge is 2.19. The van der Waals surface area contributed by atoms with Crippen LogP contribution in [0, 0.1) is 0 Å². The normalized spacial score (nSPS) is 12.0. The van der Waals surface area contributed by atoms with E-state index < -0.39 is 0 Å². The summed E-state index contributed by atoms with van der Waals surface area (Å²) >= 11 is 0. The van der Waals surface area contributed by atoms with E-state index in [4.69, 9.17) is 0 Å². The topological polar surface area (TPSA) is 37.8 Å². The second-order valence-electron chi connectivity index (χ2n) is 3.99. The molecule has 0 aliphatic heterocycles. The number of nitrogens with zero attached hydrogens (tertiary/aromatic N) is 1. The summed E-state index contributed by atoms with van der Waals surface area (Å²) in [5.74, 6) is 0. The molecule has 68 valence electrons. The Balaban J connectivity index is 3.21. The highest BCUT2D eigenvalue weighted by Crippen LogP contribution is 2.17. The molecule has 0 aliphatic rings. The maximum Gasteiger partial charge on any atom is 0.270 e. The number of H-pyrrole nitrogens is 1. The molecule has 1 aromatic heterocycles. The summed E-state index contributed by atoms with van der Waals surface area (Å²) in [6.45, 7) is 8.77. The molecule has 0 saturated heterocycles. The summed E-state index contributed by atoms with van der Waals surface area (Å²) in [7, 11) is 0. The molecule has 0 aliphatic carbocycles. The van der Waals surface area contributed by atoms with Gasteiger partial charge in [0.25, 0.3) is 5.56 Å². The third-order valence-corrected chi connectivity index (χ3v) is 1.96. The fraction of sp³-hybridized carbons (Fsp3) is 0.667. The molecule has 0 saturated carbocycles. The first kappa shape index (κ1) is 9.10. The number of rotatable bonds is 1. The SMILES string of the molecule is CCn1[nH]cc(C(C)(C)C)c1=O. The Morgan fingerprint density at radius 1 is 1.50 bits per heavy atom. The number of hydrogen-bond donors (Lipinski definition) is 1. The van der Waals surface area contributed by atoms with Crippen LogP contribution in [0.2, 0.25) is 0 Å². The molecule has 0 spiro atoms. The summed E-state index contributed by atoms with van der Waals surface area (Å²) in [4.78, 5) is 11.6. The van der Waals surface area contributed by atoms with Crippen LogP contribution in [0.25, 0.3) is 0 Å². The molecular formula is C9H16N2O. The maximum atomic E-state index is 11.6. The van der Waals surface area contributed by atoms with Gasteiger partial charge >= 0.3 is 0 Å². The average Bonchev–Trinajstić information content (AvgIpc) is 2.29. The largest absolute Gasteiger partial charge is 0.303 e. The highest BCUT2D eigenvalue weighted by molar-refractivity contribution is 5.15. The van der Waals surface area contributed by atoms with Gasteiger partial charge in [0.05, 0.1) is 0 Å². The molecule has 0 fully saturated rings. The van der Waals surface area contributed by atoms with Crippen molar-refractivity contribution in [3.63, 3.8) is 0 Å². The van der Waals surface area contributed by atoms with Gasteiger partial charge in [0.1, 0.15) is 0 Å². The molecule has 3 nitrogen and oxygen atoms in total. The minimum Gasteiger partial charge on any atom is -0.303 e. The first-order chi connectivity index (χ1) is 5.46. The highest BCUT2D eigenvalue weighted by atomic mass is 16.1. The van der Waals surface area contributed by atoms with Crippen LogP contribution >= 0.6 is 0 Å². The molecule has 0 aromatic carbocycles. The number of aryl methyl sites for hydroxylation is 1. The van der Waals surface area contributed by atoms with Gasteiger partial charge < -0.3 is 5.10 Å². The van der Waals surface area contributed by atoms with Crippen LogP contribution in [0.4, 0.5) is 0 Å². The van der Waals surface area contributed by atoms with E-state index in [1.807, 2.05) is 27.7 Å². The van der Waals surface area contributed by atoms with Gasteiger partial charge in [0.2, 0.25) is 0 Å². The van der Waals surface area contributed by atoms with E-state index in [-0.39, 0.29) is 11.0 Å². The molecule has 0 radical (unpaired) electrons. The molecule has 0 unspecified atom stereocenters. The van der Waals surface area contributed by atoms with E-state index in [9.17, 15) is 4.79 Å². The van der Waals surface area contributed by atoms with Crippen molar-refractivity contribution < 1.29 is 0 Å². The molecule has 1 heterocycles. The van der Waals surface area contributed by atoms with Crippen LogP contribution in [0.3, 0.4) is 0 Å². The van der Waals surface area contributed by atoms with Crippen molar-refractivity contribution in [2.45, 2.75) is 39.7 Å². The van der Waals surface area contributed by atoms with Gasteiger partial charge in [-0.2, -0.15) is 0 Å². The van der Waals surface area contributed by atoms with Crippen LogP contribution in [-0.4, -0.2) is 9.78 Å². The van der Waals surface area contributed by atoms with Crippen molar-refractivity contribution in [2.75, 3.05) is 0 Å². The lowest BCUT2D eigenvalue weighted by molar-refractivity contribution is 0.575. The Morgan fingerprint density at radius 3 is 2.33 bits per heavy atom. The predicted octanol–water partition coefficient (Wildman–Crippen LogP) is 1.49. The molecule has 0 amide bonds. The van der Waals surface area contributed by atoms with Gasteiger partial charge in [-0.15, -0.1) is 0 Å². The third kappa shape index (κ3) is 1.44. The van der Waals surface area contributed by atoms with Crippen LogP contribution in [0.15, 0.2) is 11.0 Å². The van der Waals surface area contributed by atoms with Gasteiger partial charge in [-0.25, -0.2) is 0 Å². The number of aromatic nitrogens is 2. The van der Waals surface area contributed by atoms with Gasteiger partial charge in [0, 0.05) is 18.3 Å². The zero-order valence-corrected chi connectivity index (χ0v) is 8.14. The Kier molecular flexibility index (Phi) is 2.13. The Hall–Kier alpha value is -0.990. The van der Waals surface area contributed by atoms with Gasteiger partial charge in [-0.3, -0.25) is 9.48 Å². The summed E-state index contributed by atoms with van der Waals surface area (Å²) in [5.41, 5.74) is 0.892. The number of hydrogen-bond acceptors (Lipinski definition) is 1. The van der Waals surface area contributed by atoms with Crippen LogP contribution in [0.5, 0.6) is 0 Å². The van der Waals surface area contributed by atoms with Crippen LogP contribution in [0.1, 0.15) is 33.3 Å². The zero-order chi connectivity index (χ0) is 9.35. The monoisotopic (exact) mass is 168 g/mol. The van der Waals surface area contributed by atoms with E-state index in [2.05, 4.69) is 5.10 Å². The molecule has 0 atom stereocenters. The summed E-state index contributed by atoms with van der Waals surface area (Å²) in [6.07, 6.45) is 1.80. The van der Waals surface area contributed by atoms with Crippen molar-refractivity contribution in [3.05, 3.63) is 22.1 Å². The Labute approximate surface area is 72.4 Å². The second-order valence-corrected chi connectivity index (χ2v) is 3.99. The van der Waals surface area contributed by atoms with Gasteiger partial charge in [-0.05, 0) is 12.3 Å². The first-order valence-corrected chi connectivity index (χ1v) is 4.25. The Bertz CT molecular complexity index is 314. The summed E-state index contributed by atoms with van der Waals surface area (Å²) in [5, 5.41) is 2.93. The molecule has 1 rings (SSSR count). The molecule has 3 heteroatoms. The van der Waals surface area contributed by atoms with Crippen molar-refractivity contribution in [2.24, 2.45) is 0 Å². The molecule has 1 aromatic rings. The quantitative estimate of drug-likeness (QED) is 0.678. The fourth-order valence-electron chi connectivity index (χ4n) is 1.18. The second kappa shape index (κ2) is 2.81. The zero-order valence-electron chi connectivity index (χ0n) is 8.14. The van der Waals surface area contributed by atoms with Gasteiger partial charge in [-0.1, -0.05) is 20.8 Å². The van der Waals surface area contributed by atoms with E-state index >= 15 is 0 Å². The standard InChI is InChI=1S/C9H16N2O/c1-5-11-8(12)7(6-10-11)9(2,3)4/h6,10H,5H2,1-4H3. The third-order valence-electron chi connectivity index (χ3n) is 1.96. The minimum absolute atomic E-state index is 0.0615. The molecule has 1 N–H and O–H groups in total. The van der Waals surface area contributed by atoms with E-state index in [1.54, 1.807) is 10.9 Å². The Morgan fingerprint density at radius 2 is 2.08 bits per heavy atom. The lowest BCUT2D eigenvalue weighted by Gasteiger charge is -2.13. The first-order valence-electron chi connectivity index (χ1n) is 4.25. The maximum absolute atomic E-state index is 11.6. The number of nitrogens with one attached hydrogen (secondary N) is 1. The summed E-state index contributed by atoms with van der Waals surface area (Å²) in [6, 6.07) is 0. The van der Waals surface area contributed by atoms with Crippen LogP contribution < -0.4 is 5.56 Å². The summed E-state index contributed by atoms with van der Waals surface area (Å²) < 4.78 is 1.61. The lowest BCUT2D eigenvalue weighted by Crippen LogP contribution is -2.25. The molecular weight excluding hydrogens is 152 g/mol. The molecule has 12 heavy (non-hydrogen) atoms. The lowest BCUT2D eigenvalue weighted by atomic mass is 9.89. The van der Waals surface area contributed by atoms with E-state index in [0.29, 0.717) is 6.54 Å². The van der Waals surface area contributed by atoms with Crippen molar-refractivity contribution in [3.8, 4) is 0 Å². The fourth-order valence-corrected chi connectivity index (χ4v) is 1.18. The van der Waals surface area contributed by atoms with E-state index in [0.717, 1.165) is 5.56 Å². The molecule has 0 bridgehead atoms.